The van der Waals surface area contributed by atoms with E-state index >= 15 is 0 Å². The molecule has 2 aromatic rings. The molecule has 0 saturated carbocycles. The second-order valence-electron chi connectivity index (χ2n) is 8.47. The number of nitriles is 2. The van der Waals surface area contributed by atoms with Crippen LogP contribution in [0, 0.1) is 29.6 Å². The molecule has 178 valence electrons. The number of β-amino-alcohol motifs (C(OH)–C–C–N with tert-alkyl or cyclic N) is 1. The number of rotatable bonds is 5. The number of carbonyl (C=O) groups is 1. The molecule has 1 amide bonds. The number of hydrogen-bond donors (Lipinski definition) is 2. The molecule has 1 aliphatic rings. The number of hydrogen-bond acceptors (Lipinski definition) is 6. The highest BCUT2D eigenvalue weighted by Gasteiger charge is 2.36. The van der Waals surface area contributed by atoms with E-state index in [1.54, 1.807) is 6.07 Å². The van der Waals surface area contributed by atoms with Gasteiger partial charge in [0.2, 0.25) is 0 Å². The van der Waals surface area contributed by atoms with Gasteiger partial charge in [0.05, 0.1) is 28.8 Å². The summed E-state index contributed by atoms with van der Waals surface area (Å²) in [6.07, 6.45) is -4.75. The van der Waals surface area contributed by atoms with Gasteiger partial charge in [-0.05, 0) is 55.8 Å². The number of halogens is 3. The maximum absolute atomic E-state index is 13.2. The van der Waals surface area contributed by atoms with Crippen LogP contribution in [0.15, 0.2) is 36.4 Å². The zero-order chi connectivity index (χ0) is 25.1. The minimum Gasteiger partial charge on any atom is -0.379 e. The van der Waals surface area contributed by atoms with Gasteiger partial charge in [0.15, 0.2) is 5.60 Å². The fourth-order valence-electron chi connectivity index (χ4n) is 3.86. The summed E-state index contributed by atoms with van der Waals surface area (Å²) in [6.45, 7) is 5.62. The lowest BCUT2D eigenvalue weighted by Gasteiger charge is -2.38. The van der Waals surface area contributed by atoms with E-state index in [1.165, 1.54) is 19.1 Å². The number of aliphatic hydroxyl groups is 1. The maximum Gasteiger partial charge on any atom is 0.417 e. The van der Waals surface area contributed by atoms with Crippen LogP contribution in [0.5, 0.6) is 0 Å². The van der Waals surface area contributed by atoms with Crippen LogP contribution in [0.1, 0.15) is 29.2 Å². The highest BCUT2D eigenvalue weighted by molar-refractivity contribution is 5.97. The van der Waals surface area contributed by atoms with Gasteiger partial charge >= 0.3 is 6.18 Å². The SMILES string of the molecule is Cc1cc(N2CCN(CC(C)(O)C(=O)Nc3ccc(C#N)c(C(F)(F)F)c3)CC2)ccc1C#N. The average molecular weight is 471 g/mol. The fourth-order valence-corrected chi connectivity index (χ4v) is 3.86. The second-order valence-corrected chi connectivity index (χ2v) is 8.47. The lowest BCUT2D eigenvalue weighted by atomic mass is 10.0. The predicted molar refractivity (Wildman–Crippen MR) is 120 cm³/mol. The summed E-state index contributed by atoms with van der Waals surface area (Å²) in [6, 6.07) is 12.1. The standard InChI is InChI=1S/C24H24F3N5O2/c1-16-11-20(6-4-17(16)13-28)32-9-7-31(8-10-32)15-23(2,34)22(33)30-19-5-3-18(14-29)21(12-19)24(25,26)27/h3-6,11-12,34H,7-10,15H2,1-2H3,(H,30,33). The summed E-state index contributed by atoms with van der Waals surface area (Å²) in [5, 5.41) is 31.0. The summed E-state index contributed by atoms with van der Waals surface area (Å²) in [5.41, 5.74) is -1.21. The van der Waals surface area contributed by atoms with Crippen LogP contribution in [0.2, 0.25) is 0 Å². The Bertz CT molecular complexity index is 1160. The van der Waals surface area contributed by atoms with Gasteiger partial charge < -0.3 is 15.3 Å². The van der Waals surface area contributed by atoms with Crippen LogP contribution in [-0.4, -0.2) is 54.2 Å². The molecular formula is C24H24F3N5O2. The molecule has 10 heteroatoms. The Morgan fingerprint density at radius 2 is 1.68 bits per heavy atom. The van der Waals surface area contributed by atoms with Gasteiger partial charge in [-0.3, -0.25) is 9.69 Å². The number of amides is 1. The molecule has 0 spiro atoms. The largest absolute Gasteiger partial charge is 0.417 e. The van der Waals surface area contributed by atoms with Crippen LogP contribution in [0.3, 0.4) is 0 Å². The number of benzene rings is 2. The van der Waals surface area contributed by atoms with Crippen LogP contribution in [-0.2, 0) is 11.0 Å². The first kappa shape index (κ1) is 25.0. The van der Waals surface area contributed by atoms with E-state index in [4.69, 9.17) is 10.5 Å². The van der Waals surface area contributed by atoms with E-state index in [9.17, 15) is 23.1 Å². The molecule has 0 bridgehead atoms. The average Bonchev–Trinajstić information content (AvgIpc) is 2.78. The Morgan fingerprint density at radius 3 is 2.24 bits per heavy atom. The van der Waals surface area contributed by atoms with Crippen LogP contribution in [0.25, 0.3) is 0 Å². The van der Waals surface area contributed by atoms with Crippen molar-refractivity contribution in [2.45, 2.75) is 25.6 Å². The third-order valence-electron chi connectivity index (χ3n) is 5.79. The number of aryl methyl sites for hydroxylation is 1. The van der Waals surface area contributed by atoms with Gasteiger partial charge in [-0.15, -0.1) is 0 Å². The van der Waals surface area contributed by atoms with Gasteiger partial charge in [-0.1, -0.05) is 0 Å². The molecule has 0 radical (unpaired) electrons. The molecule has 1 fully saturated rings. The topological polar surface area (TPSA) is 103 Å². The first-order valence-electron chi connectivity index (χ1n) is 10.6. The number of anilines is 2. The summed E-state index contributed by atoms with van der Waals surface area (Å²) in [7, 11) is 0. The molecule has 1 unspecified atom stereocenters. The molecule has 1 saturated heterocycles. The third-order valence-corrected chi connectivity index (χ3v) is 5.79. The second kappa shape index (κ2) is 9.72. The highest BCUT2D eigenvalue weighted by Crippen LogP contribution is 2.33. The van der Waals surface area contributed by atoms with E-state index in [0.29, 0.717) is 37.8 Å². The van der Waals surface area contributed by atoms with Gasteiger partial charge in [0, 0.05) is 44.1 Å². The van der Waals surface area contributed by atoms with Crippen molar-refractivity contribution in [3.05, 3.63) is 58.7 Å². The summed E-state index contributed by atoms with van der Waals surface area (Å²) >= 11 is 0. The van der Waals surface area contributed by atoms with Gasteiger partial charge in [0.1, 0.15) is 0 Å². The zero-order valence-corrected chi connectivity index (χ0v) is 18.8. The molecule has 3 rings (SSSR count). The molecule has 0 aromatic heterocycles. The predicted octanol–water partition coefficient (Wildman–Crippen LogP) is 3.27. The van der Waals surface area contributed by atoms with Crippen molar-refractivity contribution in [1.29, 1.82) is 10.5 Å². The quantitative estimate of drug-likeness (QED) is 0.694. The molecular weight excluding hydrogens is 447 g/mol. The van der Waals surface area contributed by atoms with E-state index in [1.807, 2.05) is 24.0 Å². The first-order chi connectivity index (χ1) is 15.9. The van der Waals surface area contributed by atoms with Crippen molar-refractivity contribution < 1.29 is 23.1 Å². The highest BCUT2D eigenvalue weighted by atomic mass is 19.4. The molecule has 1 heterocycles. The Morgan fingerprint density at radius 1 is 1.06 bits per heavy atom. The monoisotopic (exact) mass is 471 g/mol. The lowest BCUT2D eigenvalue weighted by molar-refractivity contribution is -0.138. The van der Waals surface area contributed by atoms with Crippen LogP contribution in [0.4, 0.5) is 24.5 Å². The van der Waals surface area contributed by atoms with Gasteiger partial charge in [-0.2, -0.15) is 23.7 Å². The number of nitrogens with zero attached hydrogens (tertiary/aromatic N) is 4. The minimum absolute atomic E-state index is 0.00147. The van der Waals surface area contributed by atoms with E-state index in [0.717, 1.165) is 17.3 Å². The number of piperazine rings is 1. The van der Waals surface area contributed by atoms with Crippen molar-refractivity contribution >= 4 is 17.3 Å². The van der Waals surface area contributed by atoms with Crippen molar-refractivity contribution in [3.63, 3.8) is 0 Å². The number of nitrogens with one attached hydrogen (secondary N) is 1. The minimum atomic E-state index is -4.75. The Hall–Kier alpha value is -3.60. The lowest BCUT2D eigenvalue weighted by Crippen LogP contribution is -2.54. The van der Waals surface area contributed by atoms with E-state index < -0.39 is 28.8 Å². The zero-order valence-electron chi connectivity index (χ0n) is 18.8. The Labute approximate surface area is 195 Å². The molecule has 34 heavy (non-hydrogen) atoms. The normalized spacial score (nSPS) is 16.3. The van der Waals surface area contributed by atoms with Gasteiger partial charge in [-0.25, -0.2) is 0 Å². The summed E-state index contributed by atoms with van der Waals surface area (Å²) in [5.74, 6) is -0.838. The van der Waals surface area contributed by atoms with Crippen molar-refractivity contribution in [2.24, 2.45) is 0 Å². The van der Waals surface area contributed by atoms with E-state index in [2.05, 4.69) is 16.3 Å². The molecule has 1 atom stereocenters. The molecule has 2 N–H and O–H groups in total. The van der Waals surface area contributed by atoms with Crippen LogP contribution >= 0.6 is 0 Å². The van der Waals surface area contributed by atoms with E-state index in [-0.39, 0.29) is 12.2 Å². The third kappa shape index (κ3) is 5.66. The summed E-state index contributed by atoms with van der Waals surface area (Å²) < 4.78 is 39.5. The molecule has 1 aliphatic heterocycles. The van der Waals surface area contributed by atoms with Crippen LogP contribution < -0.4 is 10.2 Å². The molecule has 7 nitrogen and oxygen atoms in total. The van der Waals surface area contributed by atoms with Crippen molar-refractivity contribution in [1.82, 2.24) is 4.90 Å². The number of carbonyl (C=O) groups excluding carboxylic acids is 1. The smallest absolute Gasteiger partial charge is 0.379 e. The fraction of sp³-hybridized carbons (Fsp3) is 0.375. The molecule has 0 aliphatic carbocycles. The van der Waals surface area contributed by atoms with Gasteiger partial charge in [0.25, 0.3) is 5.91 Å². The Balaban J connectivity index is 1.61. The molecule has 2 aromatic carbocycles. The van der Waals surface area contributed by atoms with Crippen molar-refractivity contribution in [3.8, 4) is 12.1 Å². The maximum atomic E-state index is 13.2. The van der Waals surface area contributed by atoms with Crippen molar-refractivity contribution in [2.75, 3.05) is 42.9 Å². The first-order valence-corrected chi connectivity index (χ1v) is 10.6. The Kier molecular flexibility index (Phi) is 7.15. The number of alkyl halides is 3. The summed E-state index contributed by atoms with van der Waals surface area (Å²) in [4.78, 5) is 16.7.